The van der Waals surface area contributed by atoms with Crippen molar-refractivity contribution in [2.75, 3.05) is 5.75 Å². The van der Waals surface area contributed by atoms with Crippen molar-refractivity contribution in [2.24, 2.45) is 0 Å². The lowest BCUT2D eigenvalue weighted by Gasteiger charge is -2.18. The first-order valence-electron chi connectivity index (χ1n) is 5.29. The van der Waals surface area contributed by atoms with Crippen molar-refractivity contribution >= 4 is 17.7 Å². The second-order valence-corrected chi connectivity index (χ2v) is 5.41. The first-order valence-corrected chi connectivity index (χ1v) is 6.28. The summed E-state index contributed by atoms with van der Waals surface area (Å²) in [5.41, 5.74) is 0.654. The molecule has 0 unspecified atom stereocenters. The van der Waals surface area contributed by atoms with Crippen molar-refractivity contribution < 1.29 is 9.53 Å². The highest BCUT2D eigenvalue weighted by Crippen LogP contribution is 2.16. The number of aromatic amines is 1. The number of aryl methyl sites for hydroxylation is 1. The Bertz CT molecular complexity index is 355. The van der Waals surface area contributed by atoms with Gasteiger partial charge in [0.15, 0.2) is 5.16 Å². The van der Waals surface area contributed by atoms with Crippen LogP contribution >= 0.6 is 11.8 Å². The lowest BCUT2D eigenvalue weighted by molar-refractivity contribution is -0.151. The molecular formula is C11H18N2O2S. The summed E-state index contributed by atoms with van der Waals surface area (Å²) in [6, 6.07) is 0. The molecule has 0 spiro atoms. The fourth-order valence-electron chi connectivity index (χ4n) is 1.09. The van der Waals surface area contributed by atoms with Crippen LogP contribution in [0.2, 0.25) is 0 Å². The third kappa shape index (κ3) is 4.70. The van der Waals surface area contributed by atoms with Gasteiger partial charge in [-0.1, -0.05) is 18.7 Å². The van der Waals surface area contributed by atoms with E-state index >= 15 is 0 Å². The van der Waals surface area contributed by atoms with Gasteiger partial charge in [-0.05, 0) is 27.2 Å². The van der Waals surface area contributed by atoms with Gasteiger partial charge in [0.2, 0.25) is 0 Å². The summed E-state index contributed by atoms with van der Waals surface area (Å²) in [6.45, 7) is 7.63. The van der Waals surface area contributed by atoms with Crippen molar-refractivity contribution in [1.29, 1.82) is 0 Å². The minimum absolute atomic E-state index is 0.216. The zero-order valence-corrected chi connectivity index (χ0v) is 11.0. The molecule has 1 aromatic heterocycles. The molecule has 0 radical (unpaired) electrons. The molecule has 90 valence electrons. The second-order valence-electron chi connectivity index (χ2n) is 4.44. The molecule has 0 aromatic carbocycles. The molecule has 0 saturated carbocycles. The van der Waals surface area contributed by atoms with Gasteiger partial charge in [-0.15, -0.1) is 0 Å². The number of thioether (sulfide) groups is 1. The molecule has 0 atom stereocenters. The van der Waals surface area contributed by atoms with E-state index < -0.39 is 5.60 Å². The van der Waals surface area contributed by atoms with Crippen LogP contribution in [-0.2, 0) is 16.0 Å². The number of esters is 1. The smallest absolute Gasteiger partial charge is 0.316 e. The minimum atomic E-state index is -0.421. The number of H-pyrrole nitrogens is 1. The normalized spacial score (nSPS) is 11.5. The van der Waals surface area contributed by atoms with E-state index in [1.165, 1.54) is 11.8 Å². The van der Waals surface area contributed by atoms with E-state index in [1.807, 2.05) is 20.8 Å². The van der Waals surface area contributed by atoms with E-state index in [-0.39, 0.29) is 11.7 Å². The average Bonchev–Trinajstić information content (AvgIpc) is 2.59. The molecule has 0 bridgehead atoms. The molecule has 16 heavy (non-hydrogen) atoms. The topological polar surface area (TPSA) is 55.0 Å². The lowest BCUT2D eigenvalue weighted by Crippen LogP contribution is -2.24. The van der Waals surface area contributed by atoms with Crippen molar-refractivity contribution in [3.8, 4) is 0 Å². The molecule has 0 saturated heterocycles. The lowest BCUT2D eigenvalue weighted by atomic mass is 10.2. The van der Waals surface area contributed by atoms with E-state index in [2.05, 4.69) is 16.9 Å². The van der Waals surface area contributed by atoms with Crippen LogP contribution in [0, 0.1) is 0 Å². The van der Waals surface area contributed by atoms with Gasteiger partial charge in [-0.25, -0.2) is 4.98 Å². The molecule has 0 aliphatic heterocycles. The van der Waals surface area contributed by atoms with Gasteiger partial charge in [-0.2, -0.15) is 0 Å². The van der Waals surface area contributed by atoms with E-state index in [0.29, 0.717) is 0 Å². The molecule has 1 rings (SSSR count). The number of aromatic nitrogens is 2. The van der Waals surface area contributed by atoms with Gasteiger partial charge in [0.1, 0.15) is 5.60 Å². The Kier molecular flexibility index (Phi) is 4.41. The Morgan fingerprint density at radius 3 is 2.75 bits per heavy atom. The van der Waals surface area contributed by atoms with E-state index in [4.69, 9.17) is 4.74 Å². The highest BCUT2D eigenvalue weighted by atomic mass is 32.2. The highest BCUT2D eigenvalue weighted by Gasteiger charge is 2.16. The van der Waals surface area contributed by atoms with Crippen LogP contribution in [0.15, 0.2) is 11.4 Å². The number of carbonyl (C=O) groups is 1. The Balaban J connectivity index is 2.37. The van der Waals surface area contributed by atoms with Crippen molar-refractivity contribution in [3.05, 3.63) is 11.9 Å². The Labute approximate surface area is 100 Å². The van der Waals surface area contributed by atoms with E-state index in [1.54, 1.807) is 6.20 Å². The van der Waals surface area contributed by atoms with Crippen LogP contribution in [-0.4, -0.2) is 27.3 Å². The molecule has 0 aliphatic rings. The minimum Gasteiger partial charge on any atom is -0.459 e. The SMILES string of the molecule is CCc1cnc(SCC(=O)OC(C)(C)C)[nH]1. The van der Waals surface area contributed by atoms with Crippen molar-refractivity contribution in [1.82, 2.24) is 9.97 Å². The molecule has 4 nitrogen and oxygen atoms in total. The molecule has 0 aliphatic carbocycles. The number of rotatable bonds is 4. The molecule has 1 N–H and O–H groups in total. The van der Waals surface area contributed by atoms with Crippen LogP contribution in [0.4, 0.5) is 0 Å². The zero-order chi connectivity index (χ0) is 12.2. The summed E-state index contributed by atoms with van der Waals surface area (Å²) < 4.78 is 5.19. The second kappa shape index (κ2) is 5.39. The monoisotopic (exact) mass is 242 g/mol. The molecule has 1 heterocycles. The van der Waals surface area contributed by atoms with E-state index in [0.717, 1.165) is 17.3 Å². The molecular weight excluding hydrogens is 224 g/mol. The summed E-state index contributed by atoms with van der Waals surface area (Å²) in [5.74, 6) is 0.0699. The fourth-order valence-corrected chi connectivity index (χ4v) is 1.73. The Morgan fingerprint density at radius 1 is 1.56 bits per heavy atom. The van der Waals surface area contributed by atoms with Crippen LogP contribution < -0.4 is 0 Å². The number of imidazole rings is 1. The number of ether oxygens (including phenoxy) is 1. The van der Waals surface area contributed by atoms with Crippen LogP contribution in [0.5, 0.6) is 0 Å². The third-order valence-corrected chi connectivity index (χ3v) is 2.59. The summed E-state index contributed by atoms with van der Waals surface area (Å²) in [4.78, 5) is 18.7. The van der Waals surface area contributed by atoms with Gasteiger partial charge in [0, 0.05) is 11.9 Å². The third-order valence-electron chi connectivity index (χ3n) is 1.73. The Hall–Kier alpha value is -0.970. The number of hydrogen-bond donors (Lipinski definition) is 1. The first-order chi connectivity index (χ1) is 7.40. The summed E-state index contributed by atoms with van der Waals surface area (Å²) >= 11 is 1.36. The van der Waals surface area contributed by atoms with Gasteiger partial charge in [0.05, 0.1) is 5.75 Å². The van der Waals surface area contributed by atoms with Gasteiger partial charge < -0.3 is 9.72 Å². The van der Waals surface area contributed by atoms with Crippen LogP contribution in [0.1, 0.15) is 33.4 Å². The van der Waals surface area contributed by atoms with Crippen molar-refractivity contribution in [3.63, 3.8) is 0 Å². The first kappa shape index (κ1) is 13.1. The zero-order valence-electron chi connectivity index (χ0n) is 10.2. The standard InChI is InChI=1S/C11H18N2O2S/c1-5-8-6-12-10(13-8)16-7-9(14)15-11(2,3)4/h6H,5,7H2,1-4H3,(H,12,13). The number of nitrogens with one attached hydrogen (secondary N) is 1. The van der Waals surface area contributed by atoms with E-state index in [9.17, 15) is 4.79 Å². The molecule has 5 heteroatoms. The summed E-state index contributed by atoms with van der Waals surface area (Å²) in [6.07, 6.45) is 2.71. The molecule has 1 aromatic rings. The van der Waals surface area contributed by atoms with Crippen molar-refractivity contribution in [2.45, 2.75) is 44.9 Å². The maximum absolute atomic E-state index is 11.4. The van der Waals surface area contributed by atoms with Crippen LogP contribution in [0.3, 0.4) is 0 Å². The quantitative estimate of drug-likeness (QED) is 0.650. The maximum Gasteiger partial charge on any atom is 0.316 e. The highest BCUT2D eigenvalue weighted by molar-refractivity contribution is 7.99. The predicted octanol–water partition coefficient (Wildman–Crippen LogP) is 2.41. The Morgan fingerprint density at radius 2 is 2.25 bits per heavy atom. The summed E-state index contributed by atoms with van der Waals surface area (Å²) in [5, 5.41) is 0.766. The van der Waals surface area contributed by atoms with Crippen LogP contribution in [0.25, 0.3) is 0 Å². The molecule has 0 fully saturated rings. The largest absolute Gasteiger partial charge is 0.459 e. The number of hydrogen-bond acceptors (Lipinski definition) is 4. The number of carbonyl (C=O) groups excluding carboxylic acids is 1. The number of nitrogens with zero attached hydrogens (tertiary/aromatic N) is 1. The maximum atomic E-state index is 11.4. The predicted molar refractivity (Wildman–Crippen MR) is 64.5 cm³/mol. The van der Waals surface area contributed by atoms with Gasteiger partial charge in [0.25, 0.3) is 0 Å². The van der Waals surface area contributed by atoms with Gasteiger partial charge >= 0.3 is 5.97 Å². The molecule has 0 amide bonds. The van der Waals surface area contributed by atoms with Gasteiger partial charge in [-0.3, -0.25) is 4.79 Å². The summed E-state index contributed by atoms with van der Waals surface area (Å²) in [7, 11) is 0. The average molecular weight is 242 g/mol. The fraction of sp³-hybridized carbons (Fsp3) is 0.636.